The number of hydrogen-bond donors (Lipinski definition) is 1. The monoisotopic (exact) mass is 274 g/mol. The van der Waals surface area contributed by atoms with Crippen molar-refractivity contribution in [2.75, 3.05) is 5.75 Å². The Kier molecular flexibility index (Phi) is 5.85. The standard InChI is InChI=1S/C12H18O3S2/c1-3-4-5-6-17(15)8-10-7-11(12(13)14)16-9(10)2/h7H,3-6,8H2,1-2H3,(H,13,14). The van der Waals surface area contributed by atoms with Gasteiger partial charge in [0.1, 0.15) is 4.88 Å². The van der Waals surface area contributed by atoms with E-state index < -0.39 is 16.8 Å². The molecule has 96 valence electrons. The lowest BCUT2D eigenvalue weighted by molar-refractivity contribution is 0.0702. The van der Waals surface area contributed by atoms with Crippen molar-refractivity contribution in [3.8, 4) is 0 Å². The topological polar surface area (TPSA) is 54.4 Å². The van der Waals surface area contributed by atoms with Gasteiger partial charge in [0, 0.05) is 27.2 Å². The van der Waals surface area contributed by atoms with E-state index in [4.69, 9.17) is 5.11 Å². The number of carboxylic acid groups (broad SMARTS) is 1. The van der Waals surface area contributed by atoms with Crippen LogP contribution >= 0.6 is 11.3 Å². The fraction of sp³-hybridized carbons (Fsp3) is 0.583. The summed E-state index contributed by atoms with van der Waals surface area (Å²) in [5, 5.41) is 8.86. The third-order valence-corrected chi connectivity index (χ3v) is 4.98. The van der Waals surface area contributed by atoms with Gasteiger partial charge in [0.2, 0.25) is 0 Å². The number of hydrogen-bond acceptors (Lipinski definition) is 3. The van der Waals surface area contributed by atoms with Gasteiger partial charge in [-0.2, -0.15) is 0 Å². The van der Waals surface area contributed by atoms with Crippen molar-refractivity contribution in [3.63, 3.8) is 0 Å². The number of aryl methyl sites for hydroxylation is 1. The normalized spacial score (nSPS) is 12.6. The molecular weight excluding hydrogens is 256 g/mol. The van der Waals surface area contributed by atoms with Crippen LogP contribution in [0.4, 0.5) is 0 Å². The molecule has 1 unspecified atom stereocenters. The molecular formula is C12H18O3S2. The Bertz CT molecular complexity index is 410. The van der Waals surface area contributed by atoms with Gasteiger partial charge in [0.05, 0.1) is 0 Å². The van der Waals surface area contributed by atoms with E-state index in [9.17, 15) is 9.00 Å². The zero-order valence-electron chi connectivity index (χ0n) is 10.2. The quantitative estimate of drug-likeness (QED) is 0.777. The second-order valence-electron chi connectivity index (χ2n) is 3.99. The third kappa shape index (κ3) is 4.60. The Hall–Kier alpha value is -0.680. The fourth-order valence-corrected chi connectivity index (χ4v) is 3.82. The predicted octanol–water partition coefficient (Wildman–Crippen LogP) is 3.19. The average molecular weight is 274 g/mol. The Labute approximate surface area is 108 Å². The fourth-order valence-electron chi connectivity index (χ4n) is 1.53. The summed E-state index contributed by atoms with van der Waals surface area (Å²) >= 11 is 1.26. The third-order valence-electron chi connectivity index (χ3n) is 2.52. The van der Waals surface area contributed by atoms with Gasteiger partial charge in [0.25, 0.3) is 0 Å². The van der Waals surface area contributed by atoms with Crippen molar-refractivity contribution >= 4 is 28.1 Å². The van der Waals surface area contributed by atoms with Crippen molar-refractivity contribution < 1.29 is 14.1 Å². The zero-order valence-corrected chi connectivity index (χ0v) is 11.8. The van der Waals surface area contributed by atoms with Crippen molar-refractivity contribution in [2.24, 2.45) is 0 Å². The molecule has 0 amide bonds. The minimum absolute atomic E-state index is 0.336. The second kappa shape index (κ2) is 6.91. The van der Waals surface area contributed by atoms with E-state index in [1.165, 1.54) is 11.3 Å². The Morgan fingerprint density at radius 3 is 2.71 bits per heavy atom. The summed E-state index contributed by atoms with van der Waals surface area (Å²) in [6, 6.07) is 1.65. The average Bonchev–Trinajstić information content (AvgIpc) is 2.61. The molecule has 0 saturated carbocycles. The highest BCUT2D eigenvalue weighted by Gasteiger charge is 2.12. The molecule has 1 atom stereocenters. The summed E-state index contributed by atoms with van der Waals surface area (Å²) in [6.07, 6.45) is 3.21. The first-order chi connectivity index (χ1) is 8.04. The van der Waals surface area contributed by atoms with Gasteiger partial charge in [-0.15, -0.1) is 11.3 Å². The lowest BCUT2D eigenvalue weighted by Crippen LogP contribution is -2.01. The van der Waals surface area contributed by atoms with E-state index >= 15 is 0 Å². The van der Waals surface area contributed by atoms with E-state index in [1.807, 2.05) is 6.92 Å². The number of unbranched alkanes of at least 4 members (excludes halogenated alkanes) is 2. The minimum Gasteiger partial charge on any atom is -0.477 e. The Morgan fingerprint density at radius 1 is 1.47 bits per heavy atom. The first-order valence-corrected chi connectivity index (χ1v) is 8.02. The van der Waals surface area contributed by atoms with Crippen LogP contribution in [0.3, 0.4) is 0 Å². The van der Waals surface area contributed by atoms with Crippen LogP contribution in [0.1, 0.15) is 46.3 Å². The van der Waals surface area contributed by atoms with Crippen molar-refractivity contribution in [1.82, 2.24) is 0 Å². The van der Waals surface area contributed by atoms with E-state index in [0.29, 0.717) is 16.4 Å². The first kappa shape index (κ1) is 14.4. The highest BCUT2D eigenvalue weighted by molar-refractivity contribution is 7.84. The largest absolute Gasteiger partial charge is 0.477 e. The molecule has 0 aliphatic heterocycles. The van der Waals surface area contributed by atoms with Crippen molar-refractivity contribution in [1.29, 1.82) is 0 Å². The van der Waals surface area contributed by atoms with Gasteiger partial charge in [-0.1, -0.05) is 19.8 Å². The van der Waals surface area contributed by atoms with Gasteiger partial charge in [-0.3, -0.25) is 4.21 Å². The summed E-state index contributed by atoms with van der Waals surface area (Å²) in [5.41, 5.74) is 0.919. The van der Waals surface area contributed by atoms with E-state index in [-0.39, 0.29) is 0 Å². The molecule has 1 aromatic rings. The summed E-state index contributed by atoms with van der Waals surface area (Å²) in [6.45, 7) is 4.00. The second-order valence-corrected chi connectivity index (χ2v) is 6.83. The van der Waals surface area contributed by atoms with E-state index in [0.717, 1.165) is 29.7 Å². The van der Waals surface area contributed by atoms with Crippen LogP contribution in [0, 0.1) is 6.92 Å². The number of carboxylic acids is 1. The van der Waals surface area contributed by atoms with Gasteiger partial charge in [-0.25, -0.2) is 4.79 Å². The summed E-state index contributed by atoms with van der Waals surface area (Å²) in [7, 11) is -0.869. The van der Waals surface area contributed by atoms with Crippen LogP contribution in [-0.4, -0.2) is 21.0 Å². The Balaban J connectivity index is 2.56. The van der Waals surface area contributed by atoms with Crippen LogP contribution in [0.2, 0.25) is 0 Å². The minimum atomic E-state index is -0.902. The number of carbonyl (C=O) groups is 1. The van der Waals surface area contributed by atoms with Gasteiger partial charge < -0.3 is 5.11 Å². The highest BCUT2D eigenvalue weighted by Crippen LogP contribution is 2.23. The molecule has 0 radical (unpaired) electrons. The SMILES string of the molecule is CCCCCS(=O)Cc1cc(C(=O)O)sc1C. The van der Waals surface area contributed by atoms with Crippen LogP contribution in [-0.2, 0) is 16.6 Å². The lowest BCUT2D eigenvalue weighted by atomic mass is 10.3. The predicted molar refractivity (Wildman–Crippen MR) is 72.3 cm³/mol. The zero-order chi connectivity index (χ0) is 12.8. The molecule has 0 aromatic carbocycles. The van der Waals surface area contributed by atoms with E-state index in [2.05, 4.69) is 6.92 Å². The highest BCUT2D eigenvalue weighted by atomic mass is 32.2. The first-order valence-electron chi connectivity index (χ1n) is 5.72. The molecule has 1 N–H and O–H groups in total. The van der Waals surface area contributed by atoms with E-state index in [1.54, 1.807) is 6.07 Å². The maximum Gasteiger partial charge on any atom is 0.345 e. The molecule has 3 nitrogen and oxygen atoms in total. The lowest BCUT2D eigenvalue weighted by Gasteiger charge is -2.01. The number of thiophene rings is 1. The Morgan fingerprint density at radius 2 is 2.18 bits per heavy atom. The maximum absolute atomic E-state index is 11.8. The van der Waals surface area contributed by atoms with Crippen LogP contribution < -0.4 is 0 Å². The van der Waals surface area contributed by atoms with Crippen LogP contribution in [0.5, 0.6) is 0 Å². The molecule has 5 heteroatoms. The number of rotatable bonds is 7. The van der Waals surface area contributed by atoms with Gasteiger partial charge in [0.15, 0.2) is 0 Å². The molecule has 0 aliphatic rings. The van der Waals surface area contributed by atoms with Gasteiger partial charge >= 0.3 is 5.97 Å². The molecule has 1 heterocycles. The summed E-state index contributed by atoms with van der Waals surface area (Å²) < 4.78 is 11.8. The van der Waals surface area contributed by atoms with Crippen molar-refractivity contribution in [3.05, 3.63) is 21.4 Å². The molecule has 1 aromatic heterocycles. The smallest absolute Gasteiger partial charge is 0.345 e. The summed E-state index contributed by atoms with van der Waals surface area (Å²) in [5.74, 6) is 0.298. The molecule has 0 spiro atoms. The van der Waals surface area contributed by atoms with Crippen LogP contribution in [0.25, 0.3) is 0 Å². The number of aromatic carboxylic acids is 1. The molecule has 1 rings (SSSR count). The van der Waals surface area contributed by atoms with Crippen LogP contribution in [0.15, 0.2) is 6.07 Å². The molecule has 17 heavy (non-hydrogen) atoms. The summed E-state index contributed by atoms with van der Waals surface area (Å²) in [4.78, 5) is 12.1. The van der Waals surface area contributed by atoms with Gasteiger partial charge in [-0.05, 0) is 25.0 Å². The molecule has 0 bridgehead atoms. The molecule has 0 aliphatic carbocycles. The van der Waals surface area contributed by atoms with Crippen molar-refractivity contribution in [2.45, 2.75) is 38.9 Å². The molecule has 0 saturated heterocycles. The maximum atomic E-state index is 11.8. The molecule has 0 fully saturated rings.